The molecule has 0 aromatic heterocycles. The first kappa shape index (κ1) is 14.1. The van der Waals surface area contributed by atoms with Crippen molar-refractivity contribution in [2.24, 2.45) is 71.0 Å². The summed E-state index contributed by atoms with van der Waals surface area (Å²) in [6, 6.07) is 0. The fraction of sp³-hybridized carbons (Fsp3) is 1.00. The lowest BCUT2D eigenvalue weighted by molar-refractivity contribution is -0.228. The Morgan fingerprint density at radius 3 is 0.458 bits per heavy atom. The average molecular weight is 325 g/mol. The van der Waals surface area contributed by atoms with E-state index in [1.807, 2.05) is 0 Å². The van der Waals surface area contributed by atoms with Crippen molar-refractivity contribution < 1.29 is 0 Å². The molecule has 0 aliphatic heterocycles. The Bertz CT molecular complexity index is 376. The summed E-state index contributed by atoms with van der Waals surface area (Å²) in [5.74, 6) is 14.4. The van der Waals surface area contributed by atoms with E-state index in [4.69, 9.17) is 0 Å². The van der Waals surface area contributed by atoms with Crippen LogP contribution in [-0.4, -0.2) is 0 Å². The molecule has 0 unspecified atom stereocenters. The van der Waals surface area contributed by atoms with E-state index in [-0.39, 0.29) is 0 Å². The Balaban J connectivity index is 1.41. The number of hydrogen-bond donors (Lipinski definition) is 0. The monoisotopic (exact) mass is 324 g/mol. The second-order valence-corrected chi connectivity index (χ2v) is 11.5. The molecule has 7 rings (SSSR count). The lowest BCUT2D eigenvalue weighted by Crippen LogP contribution is -2.65. The lowest BCUT2D eigenvalue weighted by Gasteiger charge is -2.71. The van der Waals surface area contributed by atoms with Crippen LogP contribution in [0.4, 0.5) is 0 Å². The van der Waals surface area contributed by atoms with Crippen molar-refractivity contribution in [3.63, 3.8) is 0 Å². The smallest absolute Gasteiger partial charge is 0.0318 e. The Morgan fingerprint density at radius 2 is 0.333 bits per heavy atom. The van der Waals surface area contributed by atoms with Crippen LogP contribution in [0.5, 0.6) is 0 Å². The zero-order valence-electron chi connectivity index (χ0n) is 15.4. The topological polar surface area (TPSA) is 0 Å². The fourth-order valence-corrected chi connectivity index (χ4v) is 11.1. The Labute approximate surface area is 148 Å². The second kappa shape index (κ2) is 4.83. The van der Waals surface area contributed by atoms with Crippen LogP contribution in [0.15, 0.2) is 0 Å². The minimum Gasteiger partial charge on any atom is -0.0499 e. The Hall–Kier alpha value is 0. The highest BCUT2D eigenvalue weighted by molar-refractivity contribution is 5.14. The van der Waals surface area contributed by atoms with Gasteiger partial charge in [0.15, 0.2) is 0 Å². The zero-order valence-corrected chi connectivity index (χ0v) is 15.4. The SMILES string of the molecule is C1CC2CCC3CCC4CCC5CCC6CCC1C1C2C3C4C5C61. The average Bonchev–Trinajstić information content (AvgIpc) is 2.65. The predicted molar refractivity (Wildman–Crippen MR) is 97.3 cm³/mol. The number of hydrogen-bond acceptors (Lipinski definition) is 0. The van der Waals surface area contributed by atoms with E-state index in [0.717, 1.165) is 0 Å². The molecule has 132 valence electrons. The van der Waals surface area contributed by atoms with E-state index in [1.165, 1.54) is 71.0 Å². The van der Waals surface area contributed by atoms with Crippen LogP contribution in [0.1, 0.15) is 77.0 Å². The van der Waals surface area contributed by atoms with Crippen molar-refractivity contribution in [3.8, 4) is 0 Å². The minimum absolute atomic E-state index is 1.17. The van der Waals surface area contributed by atoms with Crippen LogP contribution in [0, 0.1) is 71.0 Å². The standard InChI is InChI=1S/C24H36/c1-2-14-5-6-16-9-11-18-12-10-17-8-7-15-4-3-13(1)19-20(14)22(16)24(18)23(17)21(15)19/h13-24H,1-12H2. The third-order valence-corrected chi connectivity index (χ3v) is 11.4. The summed E-state index contributed by atoms with van der Waals surface area (Å²) in [6.07, 6.45) is 19.6. The van der Waals surface area contributed by atoms with Gasteiger partial charge >= 0.3 is 0 Å². The van der Waals surface area contributed by atoms with Crippen LogP contribution in [0.25, 0.3) is 0 Å². The minimum atomic E-state index is 1.17. The van der Waals surface area contributed by atoms with E-state index in [2.05, 4.69) is 0 Å². The van der Waals surface area contributed by atoms with Crippen molar-refractivity contribution in [1.29, 1.82) is 0 Å². The van der Waals surface area contributed by atoms with Gasteiger partial charge in [0.05, 0.1) is 0 Å². The lowest BCUT2D eigenvalue weighted by atomic mass is 9.34. The van der Waals surface area contributed by atoms with Crippen molar-refractivity contribution in [1.82, 2.24) is 0 Å². The summed E-state index contributed by atoms with van der Waals surface area (Å²) < 4.78 is 0. The molecule has 0 radical (unpaired) electrons. The van der Waals surface area contributed by atoms with Gasteiger partial charge in [-0.15, -0.1) is 0 Å². The van der Waals surface area contributed by atoms with E-state index >= 15 is 0 Å². The van der Waals surface area contributed by atoms with E-state index in [9.17, 15) is 0 Å². The van der Waals surface area contributed by atoms with Gasteiger partial charge in [-0.2, -0.15) is 0 Å². The summed E-state index contributed by atoms with van der Waals surface area (Å²) >= 11 is 0. The molecular weight excluding hydrogens is 288 g/mol. The Morgan fingerprint density at radius 1 is 0.208 bits per heavy atom. The summed E-state index contributed by atoms with van der Waals surface area (Å²) in [5, 5.41) is 0. The summed E-state index contributed by atoms with van der Waals surface area (Å²) in [5.41, 5.74) is 0. The van der Waals surface area contributed by atoms with Gasteiger partial charge < -0.3 is 0 Å². The quantitative estimate of drug-likeness (QED) is 0.501. The fourth-order valence-electron chi connectivity index (χ4n) is 11.1. The summed E-state index contributed by atoms with van der Waals surface area (Å²) in [6.45, 7) is 0. The van der Waals surface area contributed by atoms with Gasteiger partial charge in [-0.3, -0.25) is 0 Å². The highest BCUT2D eigenvalue weighted by Gasteiger charge is 2.66. The first-order valence-corrected chi connectivity index (χ1v) is 11.9. The molecule has 7 aliphatic rings. The van der Waals surface area contributed by atoms with E-state index < -0.39 is 0 Å². The van der Waals surface area contributed by atoms with Crippen molar-refractivity contribution in [2.75, 3.05) is 0 Å². The first-order valence-electron chi connectivity index (χ1n) is 11.9. The third-order valence-electron chi connectivity index (χ3n) is 11.4. The highest BCUT2D eigenvalue weighted by Crippen LogP contribution is 2.72. The van der Waals surface area contributed by atoms with Crippen molar-refractivity contribution >= 4 is 0 Å². The van der Waals surface area contributed by atoms with Crippen LogP contribution >= 0.6 is 0 Å². The molecule has 7 fully saturated rings. The highest BCUT2D eigenvalue weighted by atomic mass is 14.7. The first-order chi connectivity index (χ1) is 11.9. The van der Waals surface area contributed by atoms with Crippen LogP contribution in [-0.2, 0) is 0 Å². The zero-order chi connectivity index (χ0) is 15.4. The molecule has 0 aromatic rings. The normalized spacial score (nSPS) is 66.0. The maximum absolute atomic E-state index is 1.64. The molecule has 0 aromatic carbocycles. The van der Waals surface area contributed by atoms with Gasteiger partial charge in [0.2, 0.25) is 0 Å². The summed E-state index contributed by atoms with van der Waals surface area (Å²) in [4.78, 5) is 0. The van der Waals surface area contributed by atoms with Gasteiger partial charge in [0, 0.05) is 0 Å². The van der Waals surface area contributed by atoms with Crippen LogP contribution < -0.4 is 0 Å². The molecular formula is C24H36. The second-order valence-electron chi connectivity index (χ2n) is 11.5. The Kier molecular flexibility index (Phi) is 2.84. The van der Waals surface area contributed by atoms with Crippen molar-refractivity contribution in [3.05, 3.63) is 0 Å². The van der Waals surface area contributed by atoms with Gasteiger partial charge in [0.25, 0.3) is 0 Å². The van der Waals surface area contributed by atoms with Crippen molar-refractivity contribution in [2.45, 2.75) is 77.0 Å². The van der Waals surface area contributed by atoms with Gasteiger partial charge in [-0.05, 0) is 148 Å². The van der Waals surface area contributed by atoms with Crippen LogP contribution in [0.2, 0.25) is 0 Å². The van der Waals surface area contributed by atoms with Gasteiger partial charge in [0.1, 0.15) is 0 Å². The molecule has 0 bridgehead atoms. The summed E-state index contributed by atoms with van der Waals surface area (Å²) in [7, 11) is 0. The largest absolute Gasteiger partial charge is 0.0499 e. The van der Waals surface area contributed by atoms with Gasteiger partial charge in [-0.25, -0.2) is 0 Å². The van der Waals surface area contributed by atoms with E-state index in [0.29, 0.717) is 0 Å². The third kappa shape index (κ3) is 1.59. The molecule has 0 nitrogen and oxygen atoms in total. The predicted octanol–water partition coefficient (Wildman–Crippen LogP) is 6.16. The van der Waals surface area contributed by atoms with E-state index in [1.54, 1.807) is 77.0 Å². The molecule has 7 saturated carbocycles. The van der Waals surface area contributed by atoms with Gasteiger partial charge in [-0.1, -0.05) is 0 Å². The number of rotatable bonds is 0. The molecule has 0 saturated heterocycles. The molecule has 0 amide bonds. The molecule has 7 aliphatic carbocycles. The molecule has 0 atom stereocenters. The maximum atomic E-state index is 1.64. The molecule has 0 heterocycles. The molecule has 24 heavy (non-hydrogen) atoms. The molecule has 0 N–H and O–H groups in total. The molecule has 0 spiro atoms. The van der Waals surface area contributed by atoms with Crippen LogP contribution in [0.3, 0.4) is 0 Å². The maximum Gasteiger partial charge on any atom is -0.0318 e. The molecule has 0 heteroatoms.